The number of hydrogen-bond donors (Lipinski definition) is 1. The van der Waals surface area contributed by atoms with Crippen molar-refractivity contribution in [1.82, 2.24) is 19.2 Å². The number of carbonyl (C=O) groups is 1. The van der Waals surface area contributed by atoms with Gasteiger partial charge in [0.2, 0.25) is 15.9 Å². The Hall–Kier alpha value is -2.71. The minimum absolute atomic E-state index is 0.0262. The van der Waals surface area contributed by atoms with Gasteiger partial charge in [-0.25, -0.2) is 17.7 Å². The highest BCUT2D eigenvalue weighted by atomic mass is 32.2. The van der Waals surface area contributed by atoms with Gasteiger partial charge in [0.05, 0.1) is 22.0 Å². The molecule has 0 saturated heterocycles. The van der Waals surface area contributed by atoms with E-state index in [1.807, 2.05) is 11.6 Å². The van der Waals surface area contributed by atoms with E-state index in [1.165, 1.54) is 36.8 Å². The molecule has 3 aromatic rings. The Morgan fingerprint density at radius 2 is 1.77 bits per heavy atom. The van der Waals surface area contributed by atoms with Crippen LogP contribution in [-0.4, -0.2) is 42.3 Å². The van der Waals surface area contributed by atoms with E-state index < -0.39 is 10.0 Å². The SMILES string of the molecule is CCCCc1ccc(C(NC(=O)CCc2nc3cc(S(=O)(=O)N(C)C)ccc3n2C)C(C)C)cc1. The van der Waals surface area contributed by atoms with Crippen molar-refractivity contribution in [2.45, 2.75) is 63.8 Å². The second-order valence-corrected chi connectivity index (χ2v) is 11.8. The van der Waals surface area contributed by atoms with Gasteiger partial charge in [-0.3, -0.25) is 4.79 Å². The van der Waals surface area contributed by atoms with Crippen LogP contribution in [-0.2, 0) is 34.7 Å². The van der Waals surface area contributed by atoms with Gasteiger partial charge in [-0.2, -0.15) is 0 Å². The van der Waals surface area contributed by atoms with Gasteiger partial charge in [0, 0.05) is 34.0 Å². The maximum atomic E-state index is 12.9. The topological polar surface area (TPSA) is 84.3 Å². The van der Waals surface area contributed by atoms with Crippen molar-refractivity contribution in [1.29, 1.82) is 0 Å². The summed E-state index contributed by atoms with van der Waals surface area (Å²) in [6.45, 7) is 6.42. The third kappa shape index (κ3) is 6.30. The monoisotopic (exact) mass is 498 g/mol. The molecule has 190 valence electrons. The number of aryl methyl sites for hydroxylation is 3. The van der Waals surface area contributed by atoms with Gasteiger partial charge in [0.1, 0.15) is 5.82 Å². The molecule has 1 aromatic heterocycles. The molecule has 0 bridgehead atoms. The van der Waals surface area contributed by atoms with E-state index >= 15 is 0 Å². The molecule has 0 saturated carbocycles. The fourth-order valence-electron chi connectivity index (χ4n) is 4.20. The van der Waals surface area contributed by atoms with Crippen LogP contribution in [0.25, 0.3) is 11.0 Å². The lowest BCUT2D eigenvalue weighted by molar-refractivity contribution is -0.122. The Morgan fingerprint density at radius 3 is 2.37 bits per heavy atom. The zero-order valence-electron chi connectivity index (χ0n) is 21.7. The van der Waals surface area contributed by atoms with E-state index in [0.29, 0.717) is 18.4 Å². The van der Waals surface area contributed by atoms with Gasteiger partial charge in [-0.1, -0.05) is 51.5 Å². The summed E-state index contributed by atoms with van der Waals surface area (Å²) in [5, 5.41) is 3.20. The summed E-state index contributed by atoms with van der Waals surface area (Å²) in [5.41, 5.74) is 3.88. The molecule has 1 heterocycles. The predicted octanol–water partition coefficient (Wildman–Crippen LogP) is 4.61. The second-order valence-electron chi connectivity index (χ2n) is 9.66. The molecule has 0 spiro atoms. The molecule has 0 fully saturated rings. The van der Waals surface area contributed by atoms with Crippen molar-refractivity contribution >= 4 is 27.0 Å². The standard InChI is InChI=1S/C27H38N4O3S/c1-7-8-9-20-10-12-21(13-11-20)27(19(2)3)29-26(32)17-16-25-28-23-18-22(35(33,34)30(4)5)14-15-24(23)31(25)6/h10-15,18-19,27H,7-9,16-17H2,1-6H3,(H,29,32). The lowest BCUT2D eigenvalue weighted by Gasteiger charge is -2.23. The molecule has 0 aliphatic rings. The maximum absolute atomic E-state index is 12.9. The van der Waals surface area contributed by atoms with Gasteiger partial charge in [0.25, 0.3) is 0 Å². The van der Waals surface area contributed by atoms with Crippen molar-refractivity contribution in [3.05, 3.63) is 59.4 Å². The summed E-state index contributed by atoms with van der Waals surface area (Å²) in [5.74, 6) is 0.978. The number of nitrogens with zero attached hydrogens (tertiary/aromatic N) is 3. The van der Waals surface area contributed by atoms with Crippen LogP contribution in [0.1, 0.15) is 63.0 Å². The summed E-state index contributed by atoms with van der Waals surface area (Å²) >= 11 is 0. The highest BCUT2D eigenvalue weighted by molar-refractivity contribution is 7.89. The first-order valence-corrected chi connectivity index (χ1v) is 13.7. The second kappa shape index (κ2) is 11.4. The van der Waals surface area contributed by atoms with Gasteiger partial charge >= 0.3 is 0 Å². The van der Waals surface area contributed by atoms with Crippen LogP contribution >= 0.6 is 0 Å². The van der Waals surface area contributed by atoms with E-state index in [2.05, 4.69) is 55.3 Å². The number of benzene rings is 2. The average molecular weight is 499 g/mol. The number of unbranched alkanes of at least 4 members (excludes halogenated alkanes) is 1. The quantitative estimate of drug-likeness (QED) is 0.418. The molecule has 8 heteroatoms. The molecule has 1 atom stereocenters. The lowest BCUT2D eigenvalue weighted by atomic mass is 9.94. The van der Waals surface area contributed by atoms with Gasteiger partial charge < -0.3 is 9.88 Å². The zero-order valence-corrected chi connectivity index (χ0v) is 22.5. The van der Waals surface area contributed by atoms with Gasteiger partial charge in [-0.15, -0.1) is 0 Å². The Kier molecular flexibility index (Phi) is 8.72. The third-order valence-electron chi connectivity index (χ3n) is 6.44. The van der Waals surface area contributed by atoms with Crippen molar-refractivity contribution in [3.8, 4) is 0 Å². The minimum Gasteiger partial charge on any atom is -0.349 e. The fourth-order valence-corrected chi connectivity index (χ4v) is 5.12. The van der Waals surface area contributed by atoms with Gasteiger partial charge in [-0.05, 0) is 48.1 Å². The van der Waals surface area contributed by atoms with Crippen molar-refractivity contribution < 1.29 is 13.2 Å². The number of rotatable bonds is 11. The molecule has 0 aliphatic heterocycles. The Bertz CT molecular complexity index is 1260. The summed E-state index contributed by atoms with van der Waals surface area (Å²) in [7, 11) is 1.37. The van der Waals surface area contributed by atoms with Crippen molar-refractivity contribution in [2.75, 3.05) is 14.1 Å². The van der Waals surface area contributed by atoms with E-state index in [1.54, 1.807) is 18.2 Å². The first-order valence-electron chi connectivity index (χ1n) is 12.3. The van der Waals surface area contributed by atoms with Crippen LogP contribution in [0.2, 0.25) is 0 Å². The molecule has 3 rings (SSSR count). The van der Waals surface area contributed by atoms with Crippen molar-refractivity contribution in [3.63, 3.8) is 0 Å². The van der Waals surface area contributed by atoms with Crippen LogP contribution in [0.15, 0.2) is 47.4 Å². The fraction of sp³-hybridized carbons (Fsp3) is 0.481. The number of nitrogens with one attached hydrogen (secondary N) is 1. The third-order valence-corrected chi connectivity index (χ3v) is 8.25. The highest BCUT2D eigenvalue weighted by Crippen LogP contribution is 2.24. The van der Waals surface area contributed by atoms with Gasteiger partial charge in [0.15, 0.2) is 0 Å². The Morgan fingerprint density at radius 1 is 1.09 bits per heavy atom. The van der Waals surface area contributed by atoms with Crippen LogP contribution in [0.5, 0.6) is 0 Å². The van der Waals surface area contributed by atoms with Crippen molar-refractivity contribution in [2.24, 2.45) is 13.0 Å². The Labute approximate surface area is 209 Å². The van der Waals surface area contributed by atoms with E-state index in [-0.39, 0.29) is 22.8 Å². The maximum Gasteiger partial charge on any atom is 0.242 e. The lowest BCUT2D eigenvalue weighted by Crippen LogP contribution is -2.32. The Balaban J connectivity index is 1.69. The number of imidazole rings is 1. The number of sulfonamides is 1. The number of hydrogen-bond acceptors (Lipinski definition) is 4. The van der Waals surface area contributed by atoms with Crippen LogP contribution in [0.3, 0.4) is 0 Å². The molecule has 1 amide bonds. The van der Waals surface area contributed by atoms with E-state index in [4.69, 9.17) is 0 Å². The minimum atomic E-state index is -3.53. The average Bonchev–Trinajstić information content (AvgIpc) is 3.14. The number of carbonyl (C=O) groups excluding carboxylic acids is 1. The normalized spacial score (nSPS) is 13.0. The summed E-state index contributed by atoms with van der Waals surface area (Å²) in [6, 6.07) is 13.5. The van der Waals surface area contributed by atoms with Crippen LogP contribution in [0, 0.1) is 5.92 Å². The smallest absolute Gasteiger partial charge is 0.242 e. The molecule has 2 aromatic carbocycles. The molecular weight excluding hydrogens is 460 g/mol. The molecule has 7 nitrogen and oxygen atoms in total. The number of fused-ring (bicyclic) bond motifs is 1. The van der Waals surface area contributed by atoms with E-state index in [9.17, 15) is 13.2 Å². The van der Waals surface area contributed by atoms with Crippen LogP contribution < -0.4 is 5.32 Å². The molecule has 1 N–H and O–H groups in total. The largest absolute Gasteiger partial charge is 0.349 e. The highest BCUT2D eigenvalue weighted by Gasteiger charge is 2.21. The molecular formula is C27H38N4O3S. The molecule has 35 heavy (non-hydrogen) atoms. The summed E-state index contributed by atoms with van der Waals surface area (Å²) in [6.07, 6.45) is 4.20. The van der Waals surface area contributed by atoms with E-state index in [0.717, 1.165) is 23.3 Å². The summed E-state index contributed by atoms with van der Waals surface area (Å²) < 4.78 is 28.0. The first kappa shape index (κ1) is 26.9. The zero-order chi connectivity index (χ0) is 25.8. The molecule has 1 unspecified atom stereocenters. The molecule has 0 radical (unpaired) electrons. The van der Waals surface area contributed by atoms with Crippen LogP contribution in [0.4, 0.5) is 0 Å². The number of amides is 1. The number of aromatic nitrogens is 2. The predicted molar refractivity (Wildman–Crippen MR) is 141 cm³/mol. The first-order chi connectivity index (χ1) is 16.5. The molecule has 0 aliphatic carbocycles. The summed E-state index contributed by atoms with van der Waals surface area (Å²) in [4.78, 5) is 17.7.